The molecule has 18 heavy (non-hydrogen) atoms. The first kappa shape index (κ1) is 14.0. The Balaban J connectivity index is 1.81. The summed E-state index contributed by atoms with van der Waals surface area (Å²) in [7, 11) is 0. The normalized spacial score (nSPS) is 23.2. The first-order valence-electron chi connectivity index (χ1n) is 6.99. The number of piperidine rings is 1. The number of nitrogens with one attached hydrogen (secondary N) is 2. The minimum absolute atomic E-state index is 0.423. The smallest absolute Gasteiger partial charge is 0.0300 e. The lowest BCUT2D eigenvalue weighted by molar-refractivity contribution is 0.176. The summed E-state index contributed by atoms with van der Waals surface area (Å²) in [5, 5.41) is 7.27. The third-order valence-corrected chi connectivity index (χ3v) is 5.35. The van der Waals surface area contributed by atoms with Crippen LogP contribution in [0.15, 0.2) is 6.07 Å². The zero-order chi connectivity index (χ0) is 13.2. The summed E-state index contributed by atoms with van der Waals surface area (Å²) >= 11 is 1.92. The van der Waals surface area contributed by atoms with E-state index in [0.29, 0.717) is 11.5 Å². The van der Waals surface area contributed by atoms with Crippen LogP contribution in [0.3, 0.4) is 0 Å². The van der Waals surface area contributed by atoms with Crippen molar-refractivity contribution in [3.63, 3.8) is 0 Å². The molecule has 2 heterocycles. The predicted molar refractivity (Wildman–Crippen MR) is 80.3 cm³/mol. The highest BCUT2D eigenvalue weighted by Crippen LogP contribution is 2.29. The molecule has 1 atom stereocenters. The summed E-state index contributed by atoms with van der Waals surface area (Å²) < 4.78 is 0. The van der Waals surface area contributed by atoms with Crippen molar-refractivity contribution in [3.8, 4) is 0 Å². The summed E-state index contributed by atoms with van der Waals surface area (Å²) in [5.74, 6) is 0. The molecule has 0 radical (unpaired) electrons. The minimum atomic E-state index is 0.423. The highest BCUT2D eigenvalue weighted by Gasteiger charge is 2.31. The Kier molecular flexibility index (Phi) is 4.46. The van der Waals surface area contributed by atoms with Crippen LogP contribution in [0.25, 0.3) is 0 Å². The van der Waals surface area contributed by atoms with E-state index in [1.807, 2.05) is 11.3 Å². The summed E-state index contributed by atoms with van der Waals surface area (Å²) in [6.45, 7) is 12.4. The fourth-order valence-corrected chi connectivity index (χ4v) is 3.72. The number of hydrogen-bond donors (Lipinski definition) is 2. The predicted octanol–water partition coefficient (Wildman–Crippen LogP) is 3.23. The molecule has 1 fully saturated rings. The van der Waals surface area contributed by atoms with E-state index in [2.05, 4.69) is 44.4 Å². The quantitative estimate of drug-likeness (QED) is 0.874. The monoisotopic (exact) mass is 266 g/mol. The average molecular weight is 266 g/mol. The van der Waals surface area contributed by atoms with Gasteiger partial charge in [-0.05, 0) is 50.3 Å². The van der Waals surface area contributed by atoms with Gasteiger partial charge in [0, 0.05) is 28.9 Å². The Morgan fingerprint density at radius 2 is 2.22 bits per heavy atom. The third-order valence-electron chi connectivity index (χ3n) is 4.20. The SMILES string of the molecule is Cc1cc(CNCC2NCCCC2(C)C)sc1C. The molecule has 1 saturated heterocycles. The highest BCUT2D eigenvalue weighted by molar-refractivity contribution is 7.12. The molecule has 0 aliphatic carbocycles. The maximum absolute atomic E-state index is 3.65. The molecule has 102 valence electrons. The van der Waals surface area contributed by atoms with Crippen molar-refractivity contribution in [2.45, 2.75) is 53.1 Å². The number of rotatable bonds is 4. The molecular formula is C15H26N2S. The molecule has 1 aromatic heterocycles. The van der Waals surface area contributed by atoms with Crippen molar-refractivity contribution in [1.82, 2.24) is 10.6 Å². The second-order valence-electron chi connectivity index (χ2n) is 6.18. The van der Waals surface area contributed by atoms with Crippen LogP contribution in [-0.4, -0.2) is 19.1 Å². The molecule has 0 bridgehead atoms. The number of aryl methyl sites for hydroxylation is 2. The Hall–Kier alpha value is -0.380. The van der Waals surface area contributed by atoms with Gasteiger partial charge >= 0.3 is 0 Å². The van der Waals surface area contributed by atoms with Gasteiger partial charge in [0.25, 0.3) is 0 Å². The van der Waals surface area contributed by atoms with Gasteiger partial charge in [0.05, 0.1) is 0 Å². The largest absolute Gasteiger partial charge is 0.312 e. The molecule has 3 heteroatoms. The molecule has 2 nitrogen and oxygen atoms in total. The van der Waals surface area contributed by atoms with Crippen LogP contribution in [-0.2, 0) is 6.54 Å². The molecule has 1 aliphatic heterocycles. The van der Waals surface area contributed by atoms with E-state index in [0.717, 1.165) is 13.1 Å². The van der Waals surface area contributed by atoms with Gasteiger partial charge in [-0.15, -0.1) is 11.3 Å². The van der Waals surface area contributed by atoms with E-state index in [1.54, 1.807) is 0 Å². The van der Waals surface area contributed by atoms with E-state index in [-0.39, 0.29) is 0 Å². The fraction of sp³-hybridized carbons (Fsp3) is 0.733. The molecule has 1 aromatic rings. The van der Waals surface area contributed by atoms with Crippen molar-refractivity contribution < 1.29 is 0 Å². The molecule has 1 aliphatic rings. The maximum Gasteiger partial charge on any atom is 0.0300 e. The lowest BCUT2D eigenvalue weighted by Crippen LogP contribution is -2.51. The van der Waals surface area contributed by atoms with Gasteiger partial charge in [-0.25, -0.2) is 0 Å². The van der Waals surface area contributed by atoms with Crippen molar-refractivity contribution >= 4 is 11.3 Å². The van der Waals surface area contributed by atoms with Crippen LogP contribution in [0.4, 0.5) is 0 Å². The highest BCUT2D eigenvalue weighted by atomic mass is 32.1. The maximum atomic E-state index is 3.65. The van der Waals surface area contributed by atoms with Gasteiger partial charge in [-0.2, -0.15) is 0 Å². The van der Waals surface area contributed by atoms with E-state index < -0.39 is 0 Å². The van der Waals surface area contributed by atoms with Gasteiger partial charge in [0.1, 0.15) is 0 Å². The number of thiophene rings is 1. The zero-order valence-electron chi connectivity index (χ0n) is 12.1. The first-order valence-corrected chi connectivity index (χ1v) is 7.81. The molecule has 0 amide bonds. The molecule has 0 saturated carbocycles. The second kappa shape index (κ2) is 5.72. The number of hydrogen-bond acceptors (Lipinski definition) is 3. The topological polar surface area (TPSA) is 24.1 Å². The molecule has 0 aromatic carbocycles. The Morgan fingerprint density at radius 1 is 1.44 bits per heavy atom. The van der Waals surface area contributed by atoms with Crippen LogP contribution >= 0.6 is 11.3 Å². The molecule has 0 spiro atoms. The molecule has 2 rings (SSSR count). The van der Waals surface area contributed by atoms with Crippen LogP contribution in [0.5, 0.6) is 0 Å². The average Bonchev–Trinajstić information content (AvgIpc) is 2.61. The summed E-state index contributed by atoms with van der Waals surface area (Å²) in [6.07, 6.45) is 2.65. The Morgan fingerprint density at radius 3 is 2.83 bits per heavy atom. The lowest BCUT2D eigenvalue weighted by atomic mass is 9.77. The first-order chi connectivity index (χ1) is 8.49. The van der Waals surface area contributed by atoms with Crippen molar-refractivity contribution in [2.75, 3.05) is 13.1 Å². The minimum Gasteiger partial charge on any atom is -0.312 e. The van der Waals surface area contributed by atoms with E-state index in [9.17, 15) is 0 Å². The van der Waals surface area contributed by atoms with E-state index in [4.69, 9.17) is 0 Å². The molecule has 2 N–H and O–H groups in total. The van der Waals surface area contributed by atoms with Gasteiger partial charge in [0.15, 0.2) is 0 Å². The second-order valence-corrected chi connectivity index (χ2v) is 7.52. The van der Waals surface area contributed by atoms with Crippen molar-refractivity contribution in [1.29, 1.82) is 0 Å². The third kappa shape index (κ3) is 3.34. The lowest BCUT2D eigenvalue weighted by Gasteiger charge is -2.39. The van der Waals surface area contributed by atoms with Crippen molar-refractivity contribution in [3.05, 3.63) is 21.4 Å². The van der Waals surface area contributed by atoms with Crippen LogP contribution in [0.2, 0.25) is 0 Å². The Bertz CT molecular complexity index is 376. The van der Waals surface area contributed by atoms with Gasteiger partial charge in [0.2, 0.25) is 0 Å². The van der Waals surface area contributed by atoms with Crippen LogP contribution < -0.4 is 10.6 Å². The summed E-state index contributed by atoms with van der Waals surface area (Å²) in [5.41, 5.74) is 1.85. The summed E-state index contributed by atoms with van der Waals surface area (Å²) in [6, 6.07) is 2.92. The van der Waals surface area contributed by atoms with E-state index in [1.165, 1.54) is 34.7 Å². The standard InChI is InChI=1S/C15H26N2S/c1-11-8-13(18-12(11)2)9-16-10-14-15(3,4)6-5-7-17-14/h8,14,16-17H,5-7,9-10H2,1-4H3. The molecule has 1 unspecified atom stereocenters. The fourth-order valence-electron chi connectivity index (χ4n) is 2.70. The van der Waals surface area contributed by atoms with Gasteiger partial charge in [-0.1, -0.05) is 13.8 Å². The van der Waals surface area contributed by atoms with Gasteiger partial charge in [-0.3, -0.25) is 0 Å². The zero-order valence-corrected chi connectivity index (χ0v) is 12.9. The molecular weight excluding hydrogens is 240 g/mol. The van der Waals surface area contributed by atoms with Crippen LogP contribution in [0, 0.1) is 19.3 Å². The summed E-state index contributed by atoms with van der Waals surface area (Å²) in [4.78, 5) is 2.90. The van der Waals surface area contributed by atoms with Crippen molar-refractivity contribution in [2.24, 2.45) is 5.41 Å². The van der Waals surface area contributed by atoms with E-state index >= 15 is 0 Å². The van der Waals surface area contributed by atoms with Gasteiger partial charge < -0.3 is 10.6 Å². The Labute approximate surface area is 115 Å². The van der Waals surface area contributed by atoms with Crippen LogP contribution in [0.1, 0.15) is 42.0 Å².